The maximum atomic E-state index is 12.5. The van der Waals surface area contributed by atoms with E-state index in [0.717, 1.165) is 6.42 Å². The third-order valence-electron chi connectivity index (χ3n) is 3.86. The molecule has 5 nitrogen and oxygen atoms in total. The molecule has 2 saturated heterocycles. The van der Waals surface area contributed by atoms with Crippen LogP contribution in [0.5, 0.6) is 5.75 Å². The van der Waals surface area contributed by atoms with Crippen LogP contribution >= 0.6 is 0 Å². The van der Waals surface area contributed by atoms with E-state index in [1.165, 1.54) is 0 Å². The van der Waals surface area contributed by atoms with Gasteiger partial charge in [-0.2, -0.15) is 0 Å². The third kappa shape index (κ3) is 2.05. The maximum absolute atomic E-state index is 12.5. The number of benzene rings is 1. The molecule has 0 bridgehead atoms. The number of rotatable bonds is 2. The van der Waals surface area contributed by atoms with Crippen molar-refractivity contribution in [2.24, 2.45) is 0 Å². The SMILES string of the molecule is COc1cccc(C(=O)N2CCC3NC(=O)CC32)c1. The van der Waals surface area contributed by atoms with E-state index in [9.17, 15) is 9.59 Å². The minimum atomic E-state index is -0.0251. The number of carbonyl (C=O) groups is 2. The van der Waals surface area contributed by atoms with Gasteiger partial charge in [-0.05, 0) is 24.6 Å². The number of hydrogen-bond acceptors (Lipinski definition) is 3. The summed E-state index contributed by atoms with van der Waals surface area (Å²) in [5, 5.41) is 2.92. The van der Waals surface area contributed by atoms with Crippen molar-refractivity contribution in [2.75, 3.05) is 13.7 Å². The Morgan fingerprint density at radius 1 is 1.47 bits per heavy atom. The molecule has 2 aliphatic heterocycles. The van der Waals surface area contributed by atoms with Gasteiger partial charge in [0.15, 0.2) is 0 Å². The second-order valence-electron chi connectivity index (χ2n) is 4.96. The van der Waals surface area contributed by atoms with Crippen LogP contribution in [0.3, 0.4) is 0 Å². The average molecular weight is 260 g/mol. The molecule has 1 aromatic carbocycles. The third-order valence-corrected chi connectivity index (χ3v) is 3.86. The first kappa shape index (κ1) is 12.0. The van der Waals surface area contributed by atoms with Gasteiger partial charge in [-0.15, -0.1) is 0 Å². The number of fused-ring (bicyclic) bond motifs is 1. The second-order valence-corrected chi connectivity index (χ2v) is 4.96. The number of methoxy groups -OCH3 is 1. The van der Waals surface area contributed by atoms with Gasteiger partial charge in [-0.1, -0.05) is 6.07 Å². The van der Waals surface area contributed by atoms with Crippen LogP contribution in [0.2, 0.25) is 0 Å². The zero-order valence-electron chi connectivity index (χ0n) is 10.8. The summed E-state index contributed by atoms with van der Waals surface area (Å²) in [6, 6.07) is 7.26. The topological polar surface area (TPSA) is 58.6 Å². The molecule has 1 aromatic rings. The van der Waals surface area contributed by atoms with Crippen molar-refractivity contribution in [3.63, 3.8) is 0 Å². The molecule has 2 fully saturated rings. The van der Waals surface area contributed by atoms with Crippen molar-refractivity contribution < 1.29 is 14.3 Å². The highest BCUT2D eigenvalue weighted by atomic mass is 16.5. The summed E-state index contributed by atoms with van der Waals surface area (Å²) in [6.45, 7) is 0.700. The quantitative estimate of drug-likeness (QED) is 0.855. The molecule has 0 aromatic heterocycles. The zero-order chi connectivity index (χ0) is 13.4. The van der Waals surface area contributed by atoms with Gasteiger partial charge in [-0.25, -0.2) is 0 Å². The van der Waals surface area contributed by atoms with Crippen LogP contribution in [-0.4, -0.2) is 42.5 Å². The van der Waals surface area contributed by atoms with Gasteiger partial charge in [0.1, 0.15) is 5.75 Å². The highest BCUT2D eigenvalue weighted by Gasteiger charge is 2.43. The van der Waals surface area contributed by atoms with E-state index in [2.05, 4.69) is 5.32 Å². The largest absolute Gasteiger partial charge is 0.497 e. The van der Waals surface area contributed by atoms with Gasteiger partial charge in [0.2, 0.25) is 5.91 Å². The normalized spacial score (nSPS) is 25.1. The van der Waals surface area contributed by atoms with E-state index in [1.807, 2.05) is 6.07 Å². The number of ether oxygens (including phenoxy) is 1. The van der Waals surface area contributed by atoms with Gasteiger partial charge in [0.25, 0.3) is 5.91 Å². The van der Waals surface area contributed by atoms with Gasteiger partial charge in [0, 0.05) is 18.5 Å². The van der Waals surface area contributed by atoms with Crippen LogP contribution < -0.4 is 10.1 Å². The lowest BCUT2D eigenvalue weighted by atomic mass is 10.1. The van der Waals surface area contributed by atoms with Crippen molar-refractivity contribution in [3.05, 3.63) is 29.8 Å². The lowest BCUT2D eigenvalue weighted by Gasteiger charge is -2.22. The van der Waals surface area contributed by atoms with Crippen molar-refractivity contribution in [2.45, 2.75) is 24.9 Å². The molecule has 2 unspecified atom stereocenters. The fourth-order valence-corrected chi connectivity index (χ4v) is 2.90. The minimum Gasteiger partial charge on any atom is -0.497 e. The Morgan fingerprint density at radius 3 is 3.11 bits per heavy atom. The molecular formula is C14H16N2O3. The number of hydrogen-bond donors (Lipinski definition) is 1. The predicted molar refractivity (Wildman–Crippen MR) is 69.0 cm³/mol. The summed E-state index contributed by atoms with van der Waals surface area (Å²) in [6.07, 6.45) is 1.26. The predicted octanol–water partition coefficient (Wildman–Crippen LogP) is 0.798. The minimum absolute atomic E-state index is 0.00574. The Bertz CT molecular complexity index is 529. The summed E-state index contributed by atoms with van der Waals surface area (Å²) < 4.78 is 5.13. The summed E-state index contributed by atoms with van der Waals surface area (Å²) in [5.74, 6) is 0.684. The molecule has 2 amide bonds. The second kappa shape index (κ2) is 4.57. The monoisotopic (exact) mass is 260 g/mol. The van der Waals surface area contributed by atoms with E-state index >= 15 is 0 Å². The molecule has 1 N–H and O–H groups in total. The smallest absolute Gasteiger partial charge is 0.254 e. The van der Waals surface area contributed by atoms with Gasteiger partial charge in [-0.3, -0.25) is 9.59 Å². The summed E-state index contributed by atoms with van der Waals surface area (Å²) >= 11 is 0. The van der Waals surface area contributed by atoms with E-state index < -0.39 is 0 Å². The van der Waals surface area contributed by atoms with Crippen LogP contribution in [0, 0.1) is 0 Å². The number of likely N-dealkylation sites (tertiary alicyclic amines) is 1. The molecule has 3 rings (SSSR count). The van der Waals surface area contributed by atoms with E-state index in [1.54, 1.807) is 30.2 Å². The Hall–Kier alpha value is -2.04. The summed E-state index contributed by atoms with van der Waals surface area (Å²) in [7, 11) is 1.58. The Morgan fingerprint density at radius 2 is 2.32 bits per heavy atom. The molecule has 0 saturated carbocycles. The lowest BCUT2D eigenvalue weighted by Crippen LogP contribution is -2.38. The Kier molecular flexibility index (Phi) is 2.89. The lowest BCUT2D eigenvalue weighted by molar-refractivity contribution is -0.119. The first-order valence-electron chi connectivity index (χ1n) is 6.43. The van der Waals surface area contributed by atoms with Crippen LogP contribution in [0.15, 0.2) is 24.3 Å². The summed E-state index contributed by atoms with van der Waals surface area (Å²) in [5.41, 5.74) is 0.611. The molecule has 19 heavy (non-hydrogen) atoms. The van der Waals surface area contributed by atoms with Crippen molar-refractivity contribution in [1.29, 1.82) is 0 Å². The van der Waals surface area contributed by atoms with Gasteiger partial charge >= 0.3 is 0 Å². The number of carbonyl (C=O) groups excluding carboxylic acids is 2. The van der Waals surface area contributed by atoms with Crippen molar-refractivity contribution in [1.82, 2.24) is 10.2 Å². The molecule has 2 heterocycles. The molecule has 2 aliphatic rings. The maximum Gasteiger partial charge on any atom is 0.254 e. The first-order chi connectivity index (χ1) is 9.19. The standard InChI is InChI=1S/C14H16N2O3/c1-19-10-4-2-3-9(7-10)14(18)16-6-5-11-12(16)8-13(17)15-11/h2-4,7,11-12H,5-6,8H2,1H3,(H,15,17). The average Bonchev–Trinajstić information content (AvgIpc) is 2.96. The Labute approximate surface area is 111 Å². The molecule has 0 aliphatic carbocycles. The van der Waals surface area contributed by atoms with Crippen LogP contribution in [0.4, 0.5) is 0 Å². The molecule has 5 heteroatoms. The van der Waals surface area contributed by atoms with Gasteiger partial charge < -0.3 is 15.0 Å². The summed E-state index contributed by atoms with van der Waals surface area (Å²) in [4.78, 5) is 25.7. The number of nitrogens with one attached hydrogen (secondary N) is 1. The molecule has 2 atom stereocenters. The van der Waals surface area contributed by atoms with Crippen molar-refractivity contribution >= 4 is 11.8 Å². The number of nitrogens with zero attached hydrogens (tertiary/aromatic N) is 1. The first-order valence-corrected chi connectivity index (χ1v) is 6.43. The van der Waals surface area contributed by atoms with Crippen LogP contribution in [0.25, 0.3) is 0 Å². The fraction of sp³-hybridized carbons (Fsp3) is 0.429. The zero-order valence-corrected chi connectivity index (χ0v) is 10.8. The molecule has 0 radical (unpaired) electrons. The fourth-order valence-electron chi connectivity index (χ4n) is 2.90. The molecular weight excluding hydrogens is 244 g/mol. The molecule has 100 valence electrons. The Balaban J connectivity index is 1.82. The van der Waals surface area contributed by atoms with Gasteiger partial charge in [0.05, 0.1) is 19.2 Å². The highest BCUT2D eigenvalue weighted by molar-refractivity contribution is 5.96. The van der Waals surface area contributed by atoms with E-state index in [4.69, 9.17) is 4.74 Å². The molecule has 0 spiro atoms. The highest BCUT2D eigenvalue weighted by Crippen LogP contribution is 2.27. The number of amides is 2. The van der Waals surface area contributed by atoms with Crippen LogP contribution in [0.1, 0.15) is 23.2 Å². The van der Waals surface area contributed by atoms with E-state index in [-0.39, 0.29) is 23.9 Å². The van der Waals surface area contributed by atoms with Crippen LogP contribution in [-0.2, 0) is 4.79 Å². The van der Waals surface area contributed by atoms with Crippen molar-refractivity contribution in [3.8, 4) is 5.75 Å². The van der Waals surface area contributed by atoms with E-state index in [0.29, 0.717) is 24.3 Å².